The average molecular weight is 403 g/mol. The Morgan fingerprint density at radius 2 is 2.07 bits per heavy atom. The average Bonchev–Trinajstić information content (AvgIpc) is 3.30. The molecule has 3 heterocycles. The molecule has 3 rings (SSSR count). The summed E-state index contributed by atoms with van der Waals surface area (Å²) >= 11 is 1.38. The summed E-state index contributed by atoms with van der Waals surface area (Å²) in [5, 5.41) is 9.15. The van der Waals surface area contributed by atoms with Crippen LogP contribution < -0.4 is 10.9 Å². The van der Waals surface area contributed by atoms with Crippen molar-refractivity contribution in [3.05, 3.63) is 40.4 Å². The van der Waals surface area contributed by atoms with Crippen molar-refractivity contribution in [2.24, 2.45) is 0 Å². The number of esters is 1. The molecule has 0 saturated carbocycles. The minimum absolute atomic E-state index is 0.0429. The van der Waals surface area contributed by atoms with E-state index in [2.05, 4.69) is 15.4 Å². The van der Waals surface area contributed by atoms with Crippen molar-refractivity contribution in [1.82, 2.24) is 19.3 Å². The first-order chi connectivity index (χ1) is 13.4. The lowest BCUT2D eigenvalue weighted by Crippen LogP contribution is -2.31. The number of aryl methyl sites for hydroxylation is 1. The van der Waals surface area contributed by atoms with Gasteiger partial charge in [-0.2, -0.15) is 5.10 Å². The van der Waals surface area contributed by atoms with E-state index in [0.717, 1.165) is 0 Å². The van der Waals surface area contributed by atoms with E-state index >= 15 is 0 Å². The van der Waals surface area contributed by atoms with E-state index in [0.29, 0.717) is 16.0 Å². The van der Waals surface area contributed by atoms with Gasteiger partial charge in [-0.25, -0.2) is 9.67 Å². The van der Waals surface area contributed by atoms with Crippen molar-refractivity contribution >= 4 is 39.2 Å². The van der Waals surface area contributed by atoms with Crippen LogP contribution in [0.4, 0.5) is 5.82 Å². The van der Waals surface area contributed by atoms with Crippen molar-refractivity contribution in [1.29, 1.82) is 0 Å². The third-order valence-electron chi connectivity index (χ3n) is 4.10. The maximum Gasteiger partial charge on any atom is 0.308 e. The van der Waals surface area contributed by atoms with Crippen LogP contribution in [-0.2, 0) is 20.9 Å². The van der Waals surface area contributed by atoms with Gasteiger partial charge in [0.1, 0.15) is 10.6 Å². The first kappa shape index (κ1) is 19.7. The lowest BCUT2D eigenvalue weighted by atomic mass is 10.3. The number of carbonyl (C=O) groups is 2. The van der Waals surface area contributed by atoms with Gasteiger partial charge in [0.05, 0.1) is 24.3 Å². The van der Waals surface area contributed by atoms with Gasteiger partial charge in [0.25, 0.3) is 11.5 Å². The van der Waals surface area contributed by atoms with E-state index in [4.69, 9.17) is 4.74 Å². The van der Waals surface area contributed by atoms with Crippen LogP contribution in [0.25, 0.3) is 10.2 Å². The quantitative estimate of drug-likeness (QED) is 0.606. The fraction of sp³-hybridized carbons (Fsp3) is 0.389. The van der Waals surface area contributed by atoms with Gasteiger partial charge in [-0.1, -0.05) is 0 Å². The summed E-state index contributed by atoms with van der Waals surface area (Å²) < 4.78 is 8.20. The summed E-state index contributed by atoms with van der Waals surface area (Å²) in [6, 6.07) is 3.46. The molecule has 1 amide bonds. The van der Waals surface area contributed by atoms with Gasteiger partial charge < -0.3 is 10.1 Å². The van der Waals surface area contributed by atoms with Crippen LogP contribution in [-0.4, -0.2) is 37.3 Å². The Hall–Kier alpha value is -3.01. The number of hydrogen-bond acceptors (Lipinski definition) is 7. The zero-order valence-corrected chi connectivity index (χ0v) is 16.6. The predicted octanol–water partition coefficient (Wildman–Crippen LogP) is 2.20. The second kappa shape index (κ2) is 8.34. The number of hydrogen-bond donors (Lipinski definition) is 1. The highest BCUT2D eigenvalue weighted by molar-refractivity contribution is 7.16. The number of carbonyl (C=O) groups excluding carboxylic acids is 2. The van der Waals surface area contributed by atoms with E-state index in [-0.39, 0.29) is 24.6 Å². The fourth-order valence-corrected chi connectivity index (χ4v) is 3.35. The largest absolute Gasteiger partial charge is 0.452 e. The molecule has 28 heavy (non-hydrogen) atoms. The molecular formula is C18H21N5O4S. The maximum absolute atomic E-state index is 12.3. The Labute approximate surface area is 164 Å². The molecule has 148 valence electrons. The molecule has 10 heteroatoms. The Morgan fingerprint density at radius 1 is 1.29 bits per heavy atom. The summed E-state index contributed by atoms with van der Waals surface area (Å²) in [5.74, 6) is -0.490. The van der Waals surface area contributed by atoms with Crippen LogP contribution in [0.1, 0.15) is 33.2 Å². The van der Waals surface area contributed by atoms with Crippen LogP contribution in [0.3, 0.4) is 0 Å². The van der Waals surface area contributed by atoms with Gasteiger partial charge in [-0.05, 0) is 32.2 Å². The molecule has 1 atom stereocenters. The van der Waals surface area contributed by atoms with Gasteiger partial charge in [-0.3, -0.25) is 19.0 Å². The molecule has 0 spiro atoms. The van der Waals surface area contributed by atoms with Crippen LogP contribution >= 0.6 is 11.3 Å². The number of amides is 1. The number of rotatable bonds is 7. The van der Waals surface area contributed by atoms with Gasteiger partial charge in [0.15, 0.2) is 6.10 Å². The van der Waals surface area contributed by atoms with Crippen molar-refractivity contribution in [2.75, 3.05) is 5.32 Å². The van der Waals surface area contributed by atoms with Gasteiger partial charge in [0.2, 0.25) is 0 Å². The van der Waals surface area contributed by atoms with Crippen LogP contribution in [0.2, 0.25) is 0 Å². The summed E-state index contributed by atoms with van der Waals surface area (Å²) in [5.41, 5.74) is -0.202. The molecule has 0 fully saturated rings. The van der Waals surface area contributed by atoms with E-state index in [1.54, 1.807) is 28.4 Å². The van der Waals surface area contributed by atoms with E-state index < -0.39 is 18.0 Å². The van der Waals surface area contributed by atoms with Crippen molar-refractivity contribution in [3.8, 4) is 0 Å². The Morgan fingerprint density at radius 3 is 2.82 bits per heavy atom. The molecule has 0 bridgehead atoms. The lowest BCUT2D eigenvalue weighted by Gasteiger charge is -2.16. The minimum atomic E-state index is -0.975. The van der Waals surface area contributed by atoms with Gasteiger partial charge in [-0.15, -0.1) is 11.3 Å². The summed E-state index contributed by atoms with van der Waals surface area (Å²) in [4.78, 5) is 41.5. The standard InChI is InChI=1S/C18H21N5O4S/c1-11(2)23-14(4-7-20-23)21-16(25)12(3)27-15(24)5-8-22-10-19-17-13(18(22)26)6-9-28-17/h4,6-7,9-12H,5,8H2,1-3H3,(H,21,25). The van der Waals surface area contributed by atoms with Gasteiger partial charge in [0, 0.05) is 18.7 Å². The van der Waals surface area contributed by atoms with Crippen LogP contribution in [0.5, 0.6) is 0 Å². The lowest BCUT2D eigenvalue weighted by molar-refractivity contribution is -0.153. The SMILES string of the molecule is CC(OC(=O)CCn1cnc2sccc2c1=O)C(=O)Nc1ccnn1C(C)C. The Kier molecular flexibility index (Phi) is 5.88. The maximum atomic E-state index is 12.3. The summed E-state index contributed by atoms with van der Waals surface area (Å²) in [7, 11) is 0. The first-order valence-corrected chi connectivity index (χ1v) is 9.71. The summed E-state index contributed by atoms with van der Waals surface area (Å²) in [6.45, 7) is 5.51. The molecule has 9 nitrogen and oxygen atoms in total. The molecule has 1 unspecified atom stereocenters. The summed E-state index contributed by atoms with van der Waals surface area (Å²) in [6.07, 6.45) is 1.98. The Bertz CT molecular complexity index is 1050. The second-order valence-corrected chi connectivity index (χ2v) is 7.40. The molecule has 0 aliphatic rings. The third kappa shape index (κ3) is 4.28. The molecule has 0 aromatic carbocycles. The van der Waals surface area contributed by atoms with Crippen LogP contribution in [0.15, 0.2) is 34.8 Å². The van der Waals surface area contributed by atoms with Crippen LogP contribution in [0, 0.1) is 0 Å². The highest BCUT2D eigenvalue weighted by Crippen LogP contribution is 2.14. The number of ether oxygens (including phenoxy) is 1. The fourth-order valence-electron chi connectivity index (χ4n) is 2.63. The molecule has 0 saturated heterocycles. The molecule has 0 aliphatic heterocycles. The zero-order chi connectivity index (χ0) is 20.3. The van der Waals surface area contributed by atoms with Crippen molar-refractivity contribution < 1.29 is 14.3 Å². The normalized spacial score (nSPS) is 12.3. The second-order valence-electron chi connectivity index (χ2n) is 6.51. The molecule has 1 N–H and O–H groups in total. The number of thiophene rings is 1. The number of aromatic nitrogens is 4. The number of nitrogens with zero attached hydrogens (tertiary/aromatic N) is 4. The number of anilines is 1. The monoisotopic (exact) mass is 403 g/mol. The van der Waals surface area contributed by atoms with Crippen molar-refractivity contribution in [3.63, 3.8) is 0 Å². The molecule has 3 aromatic rings. The first-order valence-electron chi connectivity index (χ1n) is 8.83. The molecule has 0 aliphatic carbocycles. The highest BCUT2D eigenvalue weighted by Gasteiger charge is 2.20. The topological polar surface area (TPSA) is 108 Å². The molecule has 3 aromatic heterocycles. The molecular weight excluding hydrogens is 382 g/mol. The number of fused-ring (bicyclic) bond motifs is 1. The number of nitrogens with one attached hydrogen (secondary N) is 1. The van der Waals surface area contributed by atoms with E-state index in [9.17, 15) is 14.4 Å². The minimum Gasteiger partial charge on any atom is -0.452 e. The third-order valence-corrected chi connectivity index (χ3v) is 4.92. The van der Waals surface area contributed by atoms with Gasteiger partial charge >= 0.3 is 5.97 Å². The zero-order valence-electron chi connectivity index (χ0n) is 15.8. The van der Waals surface area contributed by atoms with E-state index in [1.807, 2.05) is 13.8 Å². The van der Waals surface area contributed by atoms with Crippen molar-refractivity contribution in [2.45, 2.75) is 45.9 Å². The smallest absolute Gasteiger partial charge is 0.308 e. The van der Waals surface area contributed by atoms with E-state index in [1.165, 1.54) is 29.2 Å². The molecule has 0 radical (unpaired) electrons. The highest BCUT2D eigenvalue weighted by atomic mass is 32.1. The Balaban J connectivity index is 1.55. The predicted molar refractivity (Wildman–Crippen MR) is 105 cm³/mol.